The molecule has 0 saturated heterocycles. The second kappa shape index (κ2) is 6.68. The van der Waals surface area contributed by atoms with Crippen molar-refractivity contribution >= 4 is 23.1 Å². The van der Waals surface area contributed by atoms with Crippen molar-refractivity contribution in [2.75, 3.05) is 24.3 Å². The summed E-state index contributed by atoms with van der Waals surface area (Å²) in [5.41, 5.74) is 7.53. The SMILES string of the molecule is CCOc1nc(N(C)C(C)c2cccc(Cl)c2)ccc1N. The van der Waals surface area contributed by atoms with Crippen LogP contribution in [0.2, 0.25) is 5.02 Å². The van der Waals surface area contributed by atoms with E-state index in [2.05, 4.69) is 16.8 Å². The van der Waals surface area contributed by atoms with E-state index in [0.29, 0.717) is 18.2 Å². The second-order valence-corrected chi connectivity index (χ2v) is 5.28. The van der Waals surface area contributed by atoms with Gasteiger partial charge in [0.25, 0.3) is 0 Å². The largest absolute Gasteiger partial charge is 0.476 e. The molecule has 0 spiro atoms. The van der Waals surface area contributed by atoms with Gasteiger partial charge in [0, 0.05) is 12.1 Å². The van der Waals surface area contributed by atoms with Crippen LogP contribution in [0, 0.1) is 0 Å². The number of ether oxygens (including phenoxy) is 1. The minimum Gasteiger partial charge on any atom is -0.476 e. The summed E-state index contributed by atoms with van der Waals surface area (Å²) in [4.78, 5) is 6.54. The van der Waals surface area contributed by atoms with Crippen molar-refractivity contribution in [2.24, 2.45) is 0 Å². The molecule has 1 unspecified atom stereocenters. The Hall–Kier alpha value is -1.94. The van der Waals surface area contributed by atoms with Crippen LogP contribution in [0.25, 0.3) is 0 Å². The summed E-state index contributed by atoms with van der Waals surface area (Å²) >= 11 is 6.06. The molecular weight excluding hydrogens is 286 g/mol. The van der Waals surface area contributed by atoms with Crippen LogP contribution in [0.3, 0.4) is 0 Å². The van der Waals surface area contributed by atoms with E-state index in [-0.39, 0.29) is 6.04 Å². The zero-order valence-electron chi connectivity index (χ0n) is 12.5. The van der Waals surface area contributed by atoms with Gasteiger partial charge in [-0.05, 0) is 43.7 Å². The first kappa shape index (κ1) is 15.4. The highest BCUT2D eigenvalue weighted by Gasteiger charge is 2.15. The molecule has 4 nitrogen and oxygen atoms in total. The molecule has 1 aromatic heterocycles. The van der Waals surface area contributed by atoms with Crippen molar-refractivity contribution in [3.63, 3.8) is 0 Å². The molecule has 2 rings (SSSR count). The molecule has 2 N–H and O–H groups in total. The molecule has 112 valence electrons. The number of pyridine rings is 1. The summed E-state index contributed by atoms with van der Waals surface area (Å²) in [5, 5.41) is 0.730. The van der Waals surface area contributed by atoms with Gasteiger partial charge in [0.15, 0.2) is 0 Å². The summed E-state index contributed by atoms with van der Waals surface area (Å²) in [7, 11) is 1.99. The van der Waals surface area contributed by atoms with E-state index >= 15 is 0 Å². The Kier molecular flexibility index (Phi) is 4.91. The van der Waals surface area contributed by atoms with Gasteiger partial charge in [-0.15, -0.1) is 0 Å². The molecule has 1 heterocycles. The highest BCUT2D eigenvalue weighted by Crippen LogP contribution is 2.29. The normalized spacial score (nSPS) is 12.0. The fraction of sp³-hybridized carbons (Fsp3) is 0.312. The molecule has 5 heteroatoms. The molecular formula is C16H20ClN3O. The first-order valence-corrected chi connectivity index (χ1v) is 7.28. The fourth-order valence-electron chi connectivity index (χ4n) is 2.08. The van der Waals surface area contributed by atoms with Crippen LogP contribution >= 0.6 is 11.6 Å². The van der Waals surface area contributed by atoms with Gasteiger partial charge in [-0.2, -0.15) is 4.98 Å². The number of nitrogens with zero attached hydrogens (tertiary/aromatic N) is 2. The molecule has 0 bridgehead atoms. The van der Waals surface area contributed by atoms with Crippen molar-refractivity contribution in [3.8, 4) is 5.88 Å². The number of benzene rings is 1. The first-order valence-electron chi connectivity index (χ1n) is 6.90. The molecule has 0 aliphatic heterocycles. The Bertz CT molecular complexity index is 618. The lowest BCUT2D eigenvalue weighted by Gasteiger charge is -2.27. The summed E-state index contributed by atoms with van der Waals surface area (Å²) in [6, 6.07) is 11.7. The Morgan fingerprint density at radius 1 is 1.33 bits per heavy atom. The summed E-state index contributed by atoms with van der Waals surface area (Å²) in [5.74, 6) is 1.28. The third kappa shape index (κ3) is 3.58. The predicted octanol–water partition coefficient (Wildman–Crippen LogP) is 3.91. The Morgan fingerprint density at radius 2 is 2.10 bits per heavy atom. The first-order chi connectivity index (χ1) is 10.0. The molecule has 0 saturated carbocycles. The van der Waals surface area contributed by atoms with E-state index < -0.39 is 0 Å². The molecule has 0 aliphatic carbocycles. The smallest absolute Gasteiger partial charge is 0.239 e. The highest BCUT2D eigenvalue weighted by atomic mass is 35.5. The molecule has 0 radical (unpaired) electrons. The maximum Gasteiger partial charge on any atom is 0.239 e. The predicted molar refractivity (Wildman–Crippen MR) is 88.1 cm³/mol. The number of hydrogen-bond acceptors (Lipinski definition) is 4. The number of nitrogen functional groups attached to an aromatic ring is 1. The average Bonchev–Trinajstić information content (AvgIpc) is 2.48. The van der Waals surface area contributed by atoms with Crippen LogP contribution in [0.1, 0.15) is 25.5 Å². The maximum absolute atomic E-state index is 6.06. The van der Waals surface area contributed by atoms with Crippen molar-refractivity contribution in [1.82, 2.24) is 4.98 Å². The molecule has 1 aromatic carbocycles. The van der Waals surface area contributed by atoms with Gasteiger partial charge < -0.3 is 15.4 Å². The number of nitrogens with two attached hydrogens (primary N) is 1. The number of halogens is 1. The van der Waals surface area contributed by atoms with Crippen LogP contribution in [-0.2, 0) is 0 Å². The van der Waals surface area contributed by atoms with Crippen LogP contribution in [0.4, 0.5) is 11.5 Å². The van der Waals surface area contributed by atoms with Crippen molar-refractivity contribution < 1.29 is 4.74 Å². The Balaban J connectivity index is 2.26. The highest BCUT2D eigenvalue weighted by molar-refractivity contribution is 6.30. The van der Waals surface area contributed by atoms with E-state index in [0.717, 1.165) is 16.4 Å². The van der Waals surface area contributed by atoms with Gasteiger partial charge in [-0.1, -0.05) is 23.7 Å². The quantitative estimate of drug-likeness (QED) is 0.910. The Morgan fingerprint density at radius 3 is 2.76 bits per heavy atom. The van der Waals surface area contributed by atoms with Crippen molar-refractivity contribution in [3.05, 3.63) is 47.0 Å². The van der Waals surface area contributed by atoms with Gasteiger partial charge in [0.1, 0.15) is 5.82 Å². The lowest BCUT2D eigenvalue weighted by Crippen LogP contribution is -2.22. The van der Waals surface area contributed by atoms with E-state index in [9.17, 15) is 0 Å². The van der Waals surface area contributed by atoms with Crippen LogP contribution in [-0.4, -0.2) is 18.6 Å². The minimum atomic E-state index is 0.134. The zero-order chi connectivity index (χ0) is 15.4. The molecule has 1 atom stereocenters. The van der Waals surface area contributed by atoms with Crippen molar-refractivity contribution in [1.29, 1.82) is 0 Å². The van der Waals surface area contributed by atoms with Gasteiger partial charge in [-0.3, -0.25) is 0 Å². The summed E-state index contributed by atoms with van der Waals surface area (Å²) in [6.45, 7) is 4.55. The number of anilines is 2. The number of hydrogen-bond donors (Lipinski definition) is 1. The fourth-order valence-corrected chi connectivity index (χ4v) is 2.28. The lowest BCUT2D eigenvalue weighted by molar-refractivity contribution is 0.329. The number of aromatic nitrogens is 1. The van der Waals surface area contributed by atoms with Gasteiger partial charge in [-0.25, -0.2) is 0 Å². The average molecular weight is 306 g/mol. The van der Waals surface area contributed by atoms with Crippen LogP contribution in [0.5, 0.6) is 5.88 Å². The molecule has 0 aliphatic rings. The van der Waals surface area contributed by atoms with Crippen LogP contribution < -0.4 is 15.4 Å². The molecule has 0 amide bonds. The topological polar surface area (TPSA) is 51.4 Å². The lowest BCUT2D eigenvalue weighted by atomic mass is 10.1. The van der Waals surface area contributed by atoms with Crippen LogP contribution in [0.15, 0.2) is 36.4 Å². The van der Waals surface area contributed by atoms with Gasteiger partial charge in [0.05, 0.1) is 18.3 Å². The standard InChI is InChI=1S/C16H20ClN3O/c1-4-21-16-14(18)8-9-15(19-16)20(3)11(2)12-6-5-7-13(17)10-12/h5-11H,4,18H2,1-3H3. The van der Waals surface area contributed by atoms with Gasteiger partial charge in [0.2, 0.25) is 5.88 Å². The Labute approximate surface area is 130 Å². The van der Waals surface area contributed by atoms with E-state index in [1.807, 2.05) is 50.4 Å². The third-order valence-corrected chi connectivity index (χ3v) is 3.66. The van der Waals surface area contributed by atoms with E-state index in [4.69, 9.17) is 22.1 Å². The van der Waals surface area contributed by atoms with Crippen molar-refractivity contribution in [2.45, 2.75) is 19.9 Å². The van der Waals surface area contributed by atoms with Gasteiger partial charge >= 0.3 is 0 Å². The molecule has 0 fully saturated rings. The van der Waals surface area contributed by atoms with E-state index in [1.54, 1.807) is 0 Å². The summed E-state index contributed by atoms with van der Waals surface area (Å²) in [6.07, 6.45) is 0. The monoisotopic (exact) mass is 305 g/mol. The second-order valence-electron chi connectivity index (χ2n) is 4.84. The minimum absolute atomic E-state index is 0.134. The zero-order valence-corrected chi connectivity index (χ0v) is 13.3. The number of rotatable bonds is 5. The maximum atomic E-state index is 6.06. The van der Waals surface area contributed by atoms with E-state index in [1.165, 1.54) is 0 Å². The summed E-state index contributed by atoms with van der Waals surface area (Å²) < 4.78 is 5.45. The molecule has 21 heavy (non-hydrogen) atoms. The molecule has 2 aromatic rings. The third-order valence-electron chi connectivity index (χ3n) is 3.43.